The normalized spacial score (nSPS) is 21.3. The van der Waals surface area contributed by atoms with E-state index >= 15 is 0 Å². The van der Waals surface area contributed by atoms with Gasteiger partial charge in [-0.15, -0.1) is 0 Å². The highest BCUT2D eigenvalue weighted by molar-refractivity contribution is 5.25. The van der Waals surface area contributed by atoms with Crippen LogP contribution in [0, 0.1) is 11.6 Å². The second-order valence-corrected chi connectivity index (χ2v) is 3.66. The highest BCUT2D eigenvalue weighted by atomic mass is 19.1. The van der Waals surface area contributed by atoms with E-state index < -0.39 is 11.6 Å². The minimum absolute atomic E-state index is 0.0151. The van der Waals surface area contributed by atoms with Crippen molar-refractivity contribution >= 4 is 0 Å². The van der Waals surface area contributed by atoms with Gasteiger partial charge in [-0.2, -0.15) is 0 Å². The Morgan fingerprint density at radius 3 is 2.87 bits per heavy atom. The van der Waals surface area contributed by atoms with Gasteiger partial charge in [0.25, 0.3) is 0 Å². The van der Waals surface area contributed by atoms with Gasteiger partial charge < -0.3 is 10.1 Å². The first-order chi connectivity index (χ1) is 7.25. The van der Waals surface area contributed by atoms with Gasteiger partial charge in [-0.25, -0.2) is 8.78 Å². The maximum atomic E-state index is 13.2. The molecule has 0 amide bonds. The molecule has 82 valence electrons. The third-order valence-corrected chi connectivity index (χ3v) is 2.44. The molecule has 0 saturated carbocycles. The lowest BCUT2D eigenvalue weighted by molar-refractivity contribution is 0.160. The highest BCUT2D eigenvalue weighted by Crippen LogP contribution is 2.20. The molecule has 1 aromatic carbocycles. The van der Waals surface area contributed by atoms with E-state index in [0.29, 0.717) is 0 Å². The average molecular weight is 213 g/mol. The molecule has 2 nitrogen and oxygen atoms in total. The summed E-state index contributed by atoms with van der Waals surface area (Å²) in [5, 5.41) is 3.16. The zero-order valence-corrected chi connectivity index (χ0v) is 8.30. The van der Waals surface area contributed by atoms with Crippen molar-refractivity contribution < 1.29 is 13.5 Å². The van der Waals surface area contributed by atoms with Crippen LogP contribution < -0.4 is 10.1 Å². The third-order valence-electron chi connectivity index (χ3n) is 2.44. The van der Waals surface area contributed by atoms with E-state index in [4.69, 9.17) is 4.74 Å². The standard InChI is InChI=1S/C11H13F2NO/c12-8-3-4-11(10(13)6-8)15-9-2-1-5-14-7-9/h3-4,6,9,14H,1-2,5,7H2/t9-/m1/s1. The van der Waals surface area contributed by atoms with Crippen LogP contribution in [0.5, 0.6) is 5.75 Å². The number of halogens is 2. The van der Waals surface area contributed by atoms with Crippen LogP contribution in [0.25, 0.3) is 0 Å². The summed E-state index contributed by atoms with van der Waals surface area (Å²) in [7, 11) is 0. The topological polar surface area (TPSA) is 21.3 Å². The second kappa shape index (κ2) is 4.57. The Morgan fingerprint density at radius 1 is 1.33 bits per heavy atom. The number of ether oxygens (including phenoxy) is 1. The quantitative estimate of drug-likeness (QED) is 0.812. The fourth-order valence-corrected chi connectivity index (χ4v) is 1.67. The Balaban J connectivity index is 2.03. The molecule has 1 saturated heterocycles. The number of hydrogen-bond acceptors (Lipinski definition) is 2. The van der Waals surface area contributed by atoms with Gasteiger partial charge in [0.2, 0.25) is 0 Å². The van der Waals surface area contributed by atoms with Gasteiger partial charge in [0.1, 0.15) is 11.9 Å². The molecule has 0 spiro atoms. The fourth-order valence-electron chi connectivity index (χ4n) is 1.67. The summed E-state index contributed by atoms with van der Waals surface area (Å²) >= 11 is 0. The Hall–Kier alpha value is -1.16. The van der Waals surface area contributed by atoms with Crippen molar-refractivity contribution in [1.82, 2.24) is 5.32 Å². The van der Waals surface area contributed by atoms with Crippen molar-refractivity contribution in [3.05, 3.63) is 29.8 Å². The summed E-state index contributed by atoms with van der Waals surface area (Å²) in [5.41, 5.74) is 0. The zero-order chi connectivity index (χ0) is 10.7. The monoisotopic (exact) mass is 213 g/mol. The van der Waals surface area contributed by atoms with Crippen LogP contribution >= 0.6 is 0 Å². The Labute approximate surface area is 87.2 Å². The Bertz CT molecular complexity index is 337. The van der Waals surface area contributed by atoms with Crippen molar-refractivity contribution in [3.63, 3.8) is 0 Å². The summed E-state index contributed by atoms with van der Waals surface area (Å²) in [4.78, 5) is 0. The van der Waals surface area contributed by atoms with Gasteiger partial charge in [0, 0.05) is 12.6 Å². The van der Waals surface area contributed by atoms with Crippen molar-refractivity contribution in [3.8, 4) is 5.75 Å². The first-order valence-electron chi connectivity index (χ1n) is 5.08. The molecule has 0 unspecified atom stereocenters. The number of rotatable bonds is 2. The number of nitrogens with one attached hydrogen (secondary N) is 1. The van der Waals surface area contributed by atoms with Crippen LogP contribution in [0.1, 0.15) is 12.8 Å². The van der Waals surface area contributed by atoms with E-state index in [1.54, 1.807) is 0 Å². The van der Waals surface area contributed by atoms with Gasteiger partial charge in [-0.3, -0.25) is 0 Å². The lowest BCUT2D eigenvalue weighted by Gasteiger charge is -2.24. The zero-order valence-electron chi connectivity index (χ0n) is 8.30. The van der Waals surface area contributed by atoms with E-state index in [2.05, 4.69) is 5.32 Å². The van der Waals surface area contributed by atoms with Gasteiger partial charge >= 0.3 is 0 Å². The first-order valence-corrected chi connectivity index (χ1v) is 5.08. The molecular formula is C11H13F2NO. The van der Waals surface area contributed by atoms with Crippen molar-refractivity contribution in [1.29, 1.82) is 0 Å². The number of piperidine rings is 1. The molecular weight excluding hydrogens is 200 g/mol. The maximum absolute atomic E-state index is 13.2. The molecule has 15 heavy (non-hydrogen) atoms. The highest BCUT2D eigenvalue weighted by Gasteiger charge is 2.16. The number of benzene rings is 1. The predicted octanol–water partition coefficient (Wildman–Crippen LogP) is 2.10. The Kier molecular flexibility index (Phi) is 3.16. The molecule has 0 aromatic heterocycles. The van der Waals surface area contributed by atoms with E-state index in [1.807, 2.05) is 0 Å². The summed E-state index contributed by atoms with van der Waals surface area (Å²) in [6.45, 7) is 1.70. The predicted molar refractivity (Wildman–Crippen MR) is 52.9 cm³/mol. The molecule has 0 bridgehead atoms. The lowest BCUT2D eigenvalue weighted by Crippen LogP contribution is -2.37. The average Bonchev–Trinajstić information content (AvgIpc) is 2.24. The Morgan fingerprint density at radius 2 is 2.20 bits per heavy atom. The second-order valence-electron chi connectivity index (χ2n) is 3.66. The van der Waals surface area contributed by atoms with Crippen LogP contribution in [0.15, 0.2) is 18.2 Å². The summed E-state index contributed by atoms with van der Waals surface area (Å²) < 4.78 is 31.3. The van der Waals surface area contributed by atoms with Crippen LogP contribution in [0.4, 0.5) is 8.78 Å². The molecule has 2 rings (SSSR count). The van der Waals surface area contributed by atoms with Gasteiger partial charge in [-0.05, 0) is 31.5 Å². The maximum Gasteiger partial charge on any atom is 0.167 e. The molecule has 1 N–H and O–H groups in total. The lowest BCUT2D eigenvalue weighted by atomic mass is 10.1. The van der Waals surface area contributed by atoms with Crippen LogP contribution in [-0.4, -0.2) is 19.2 Å². The summed E-state index contributed by atoms with van der Waals surface area (Å²) in [6, 6.07) is 3.37. The van der Waals surface area contributed by atoms with Crippen molar-refractivity contribution in [2.45, 2.75) is 18.9 Å². The van der Waals surface area contributed by atoms with E-state index in [9.17, 15) is 8.78 Å². The smallest absolute Gasteiger partial charge is 0.167 e. The van der Waals surface area contributed by atoms with E-state index in [0.717, 1.165) is 32.0 Å². The van der Waals surface area contributed by atoms with E-state index in [-0.39, 0.29) is 11.9 Å². The molecule has 1 aliphatic heterocycles. The molecule has 1 aliphatic rings. The molecule has 0 radical (unpaired) electrons. The van der Waals surface area contributed by atoms with Crippen LogP contribution in [-0.2, 0) is 0 Å². The van der Waals surface area contributed by atoms with Gasteiger partial charge in [0.05, 0.1) is 0 Å². The fraction of sp³-hybridized carbons (Fsp3) is 0.455. The van der Waals surface area contributed by atoms with Gasteiger partial charge in [-0.1, -0.05) is 0 Å². The summed E-state index contributed by atoms with van der Waals surface area (Å²) in [5.74, 6) is -1.09. The molecule has 1 heterocycles. The van der Waals surface area contributed by atoms with Crippen LogP contribution in [0.3, 0.4) is 0 Å². The van der Waals surface area contributed by atoms with E-state index in [1.165, 1.54) is 12.1 Å². The largest absolute Gasteiger partial charge is 0.486 e. The van der Waals surface area contributed by atoms with Gasteiger partial charge in [0.15, 0.2) is 11.6 Å². The molecule has 1 atom stereocenters. The molecule has 4 heteroatoms. The van der Waals surface area contributed by atoms with Crippen LogP contribution in [0.2, 0.25) is 0 Å². The molecule has 0 aliphatic carbocycles. The van der Waals surface area contributed by atoms with Crippen molar-refractivity contribution in [2.24, 2.45) is 0 Å². The minimum Gasteiger partial charge on any atom is -0.486 e. The minimum atomic E-state index is -0.638. The van der Waals surface area contributed by atoms with Crippen molar-refractivity contribution in [2.75, 3.05) is 13.1 Å². The summed E-state index contributed by atoms with van der Waals surface area (Å²) in [6.07, 6.45) is 1.91. The first kappa shape index (κ1) is 10.4. The molecule has 1 aromatic rings. The molecule has 1 fully saturated rings. The third kappa shape index (κ3) is 2.65. The number of hydrogen-bond donors (Lipinski definition) is 1. The SMILES string of the molecule is Fc1ccc(O[C@@H]2CCCNC2)c(F)c1.